The van der Waals surface area contributed by atoms with Crippen LogP contribution < -0.4 is 16.3 Å². The lowest BCUT2D eigenvalue weighted by molar-refractivity contribution is -0.173. The Kier molecular flexibility index (Phi) is 5.97. The van der Waals surface area contributed by atoms with E-state index in [1.165, 1.54) is 16.8 Å². The standard InChI is InChI=1S/C15H21F3N4O5/c1-14(8-23)9(24)7-11(27-14)22-6-3-10(21-13(22)26)19-4-2-5-20-12(25)15(16,17)18/h3,6,9,11,23-24H,2,4-5,7-8H2,1H3,(H,20,25)(H,19,21,26)/i23T. The molecule has 1 fully saturated rings. The highest BCUT2D eigenvalue weighted by Gasteiger charge is 2.45. The van der Waals surface area contributed by atoms with Crippen molar-refractivity contribution >= 4 is 11.7 Å². The van der Waals surface area contributed by atoms with Crippen LogP contribution in [0.5, 0.6) is 0 Å². The molecule has 3 atom stereocenters. The maximum absolute atomic E-state index is 12.2. The zero-order valence-corrected chi connectivity index (χ0v) is 14.5. The number of aromatic nitrogens is 2. The Hall–Kier alpha value is -2.18. The number of anilines is 1. The van der Waals surface area contributed by atoms with Crippen molar-refractivity contribution in [2.24, 2.45) is 0 Å². The summed E-state index contributed by atoms with van der Waals surface area (Å²) in [5.41, 5.74) is -1.77. The van der Waals surface area contributed by atoms with E-state index in [2.05, 4.69) is 15.4 Å². The molecule has 4 N–H and O–H groups in total. The molecule has 1 aromatic rings. The number of alkyl halides is 3. The monoisotopic (exact) mass is 396 g/mol. The van der Waals surface area contributed by atoms with Gasteiger partial charge >= 0.3 is 17.8 Å². The molecule has 0 saturated carbocycles. The molecule has 2 heterocycles. The molecule has 1 amide bonds. The summed E-state index contributed by atoms with van der Waals surface area (Å²) in [5.74, 6) is -1.80. The van der Waals surface area contributed by atoms with Gasteiger partial charge in [0.2, 0.25) is 1.43 Å². The van der Waals surface area contributed by atoms with Crippen LogP contribution in [0.25, 0.3) is 0 Å². The van der Waals surface area contributed by atoms with Crippen molar-refractivity contribution in [3.63, 3.8) is 0 Å². The Bertz CT molecular complexity index is 747. The molecule has 0 spiro atoms. The fourth-order valence-electron chi connectivity index (χ4n) is 2.52. The third kappa shape index (κ3) is 5.17. The molecule has 1 saturated heterocycles. The molecule has 152 valence electrons. The minimum absolute atomic E-state index is 0.118. The van der Waals surface area contributed by atoms with Gasteiger partial charge in [-0.05, 0) is 19.4 Å². The Labute approximate surface area is 153 Å². The summed E-state index contributed by atoms with van der Waals surface area (Å²) in [7, 11) is 0. The third-order valence-corrected chi connectivity index (χ3v) is 4.16. The first-order chi connectivity index (χ1) is 13.1. The molecular weight excluding hydrogens is 373 g/mol. The molecule has 12 heteroatoms. The SMILES string of the molecule is [3H]OCC1(C)OC(n2ccc(NCCCNC(=O)C(F)(F)F)nc2=O)CC1O. The van der Waals surface area contributed by atoms with Crippen LogP contribution in [0.4, 0.5) is 19.0 Å². The summed E-state index contributed by atoms with van der Waals surface area (Å²) in [5, 5.41) is 18.9. The number of carbonyl (C=O) groups excluding carboxylic acids is 1. The van der Waals surface area contributed by atoms with Crippen molar-refractivity contribution in [1.29, 1.82) is 1.43 Å². The second-order valence-corrected chi connectivity index (χ2v) is 6.32. The van der Waals surface area contributed by atoms with Gasteiger partial charge in [-0.1, -0.05) is 0 Å². The van der Waals surface area contributed by atoms with Gasteiger partial charge in [0, 0.05) is 25.7 Å². The zero-order chi connectivity index (χ0) is 20.9. The number of rotatable bonds is 8. The zero-order valence-electron chi connectivity index (χ0n) is 15.5. The summed E-state index contributed by atoms with van der Waals surface area (Å²) in [6.45, 7) is 1.40. The third-order valence-electron chi connectivity index (χ3n) is 4.16. The quantitative estimate of drug-likeness (QED) is 0.447. The second-order valence-electron chi connectivity index (χ2n) is 6.32. The second kappa shape index (κ2) is 8.23. The highest BCUT2D eigenvalue weighted by Crippen LogP contribution is 2.35. The average Bonchev–Trinajstić information content (AvgIpc) is 2.88. The lowest BCUT2D eigenvalue weighted by Crippen LogP contribution is -2.39. The van der Waals surface area contributed by atoms with Crippen molar-refractivity contribution < 1.29 is 32.9 Å². The van der Waals surface area contributed by atoms with Crippen LogP contribution in [0.3, 0.4) is 0 Å². The number of nitrogens with zero attached hydrogens (tertiary/aromatic N) is 2. The summed E-state index contributed by atoms with van der Waals surface area (Å²) in [4.78, 5) is 26.7. The first-order valence-corrected chi connectivity index (χ1v) is 8.19. The summed E-state index contributed by atoms with van der Waals surface area (Å²) >= 11 is 0. The first kappa shape index (κ1) is 19.6. The lowest BCUT2D eigenvalue weighted by atomic mass is 10.0. The van der Waals surface area contributed by atoms with Gasteiger partial charge in [-0.15, -0.1) is 0 Å². The van der Waals surface area contributed by atoms with Crippen molar-refractivity contribution in [3.8, 4) is 0 Å². The van der Waals surface area contributed by atoms with E-state index in [-0.39, 0.29) is 38.4 Å². The van der Waals surface area contributed by atoms with Crippen LogP contribution in [0.1, 0.15) is 26.0 Å². The molecule has 27 heavy (non-hydrogen) atoms. The van der Waals surface area contributed by atoms with Crippen LogP contribution in [-0.2, 0) is 9.53 Å². The number of aliphatic hydroxyl groups excluding tert-OH is 2. The van der Waals surface area contributed by atoms with Crippen LogP contribution in [0.2, 0.25) is 0 Å². The largest absolute Gasteiger partial charge is 0.471 e. The molecule has 1 aliphatic rings. The Morgan fingerprint density at radius 3 is 2.93 bits per heavy atom. The minimum atomic E-state index is -4.92. The normalized spacial score (nSPS) is 25.9. The number of aliphatic hydroxyl groups is 2. The van der Waals surface area contributed by atoms with Crippen LogP contribution >= 0.6 is 0 Å². The van der Waals surface area contributed by atoms with Gasteiger partial charge in [-0.3, -0.25) is 9.36 Å². The fourth-order valence-corrected chi connectivity index (χ4v) is 2.52. The summed E-state index contributed by atoms with van der Waals surface area (Å²) < 4.78 is 49.7. The van der Waals surface area contributed by atoms with Crippen molar-refractivity contribution in [2.45, 2.75) is 43.9 Å². The molecule has 0 aliphatic carbocycles. The molecule has 1 aliphatic heterocycles. The van der Waals surface area contributed by atoms with Gasteiger partial charge < -0.3 is 25.6 Å². The number of ether oxygens (including phenoxy) is 1. The van der Waals surface area contributed by atoms with Gasteiger partial charge in [-0.25, -0.2) is 4.79 Å². The highest BCUT2D eigenvalue weighted by molar-refractivity contribution is 5.81. The number of carbonyl (C=O) groups is 1. The highest BCUT2D eigenvalue weighted by atomic mass is 19.4. The van der Waals surface area contributed by atoms with E-state index < -0.39 is 35.7 Å². The fraction of sp³-hybridized carbons (Fsp3) is 0.667. The number of nitrogens with one attached hydrogen (secondary N) is 2. The van der Waals surface area contributed by atoms with Gasteiger partial charge in [0.15, 0.2) is 0 Å². The van der Waals surface area contributed by atoms with E-state index in [1.807, 2.05) is 0 Å². The lowest BCUT2D eigenvalue weighted by Gasteiger charge is -2.25. The molecule has 3 unspecified atom stereocenters. The van der Waals surface area contributed by atoms with Crippen molar-refractivity contribution in [1.82, 2.24) is 14.9 Å². The van der Waals surface area contributed by atoms with Gasteiger partial charge in [0.1, 0.15) is 17.6 Å². The topological polar surface area (TPSA) is 126 Å². The van der Waals surface area contributed by atoms with E-state index in [1.54, 1.807) is 12.2 Å². The number of halogens is 3. The summed E-state index contributed by atoms with van der Waals surface area (Å²) in [6, 6.07) is 1.47. The van der Waals surface area contributed by atoms with E-state index in [9.17, 15) is 27.9 Å². The Balaban J connectivity index is 1.86. The van der Waals surface area contributed by atoms with Crippen LogP contribution in [0.15, 0.2) is 17.1 Å². The molecule has 2 rings (SSSR count). The van der Waals surface area contributed by atoms with Gasteiger partial charge in [0.05, 0.1) is 12.7 Å². The van der Waals surface area contributed by atoms with Crippen molar-refractivity contribution in [3.05, 3.63) is 22.7 Å². The van der Waals surface area contributed by atoms with Crippen LogP contribution in [-0.4, -0.2) is 64.7 Å². The van der Waals surface area contributed by atoms with Gasteiger partial charge in [-0.2, -0.15) is 18.2 Å². The smallest absolute Gasteiger partial charge is 0.393 e. The molecule has 0 radical (unpaired) electrons. The average molecular weight is 396 g/mol. The molecular formula is C15H21F3N4O5. The number of hydrogen-bond donors (Lipinski definition) is 4. The molecule has 1 aromatic heterocycles. The predicted octanol–water partition coefficient (Wildman–Crippen LogP) is -0.245. The Morgan fingerprint density at radius 2 is 2.30 bits per heavy atom. The summed E-state index contributed by atoms with van der Waals surface area (Å²) in [6.07, 6.45) is -4.91. The number of hydrogen-bond acceptors (Lipinski definition) is 7. The minimum Gasteiger partial charge on any atom is -0.393 e. The van der Waals surface area contributed by atoms with E-state index in [4.69, 9.17) is 6.17 Å². The molecule has 9 nitrogen and oxygen atoms in total. The van der Waals surface area contributed by atoms with E-state index in [0.717, 1.165) is 0 Å². The van der Waals surface area contributed by atoms with E-state index >= 15 is 0 Å². The number of amides is 1. The maximum atomic E-state index is 12.2. The maximum Gasteiger partial charge on any atom is 0.471 e. The van der Waals surface area contributed by atoms with Crippen LogP contribution in [0, 0.1) is 0 Å². The molecule has 0 aromatic carbocycles. The Morgan fingerprint density at radius 1 is 1.56 bits per heavy atom. The molecule has 0 bridgehead atoms. The predicted molar refractivity (Wildman–Crippen MR) is 86.9 cm³/mol. The van der Waals surface area contributed by atoms with Crippen molar-refractivity contribution in [2.75, 3.05) is 25.0 Å². The van der Waals surface area contributed by atoms with E-state index in [0.29, 0.717) is 0 Å². The van der Waals surface area contributed by atoms with Gasteiger partial charge in [0.25, 0.3) is 0 Å². The first-order valence-electron chi connectivity index (χ1n) is 8.60.